The number of amides is 1. The molecule has 25 heavy (non-hydrogen) atoms. The summed E-state index contributed by atoms with van der Waals surface area (Å²) in [5.74, 6) is 2.55. The van der Waals surface area contributed by atoms with Gasteiger partial charge in [-0.2, -0.15) is 4.68 Å². The molecule has 9 heteroatoms. The minimum absolute atomic E-state index is 0.0322. The first-order chi connectivity index (χ1) is 12.1. The minimum atomic E-state index is -0.390. The molecule has 0 aromatic carbocycles. The number of carbonyl (C=O) groups excluding carboxylic acids is 1. The summed E-state index contributed by atoms with van der Waals surface area (Å²) >= 11 is 1.83. The molecule has 0 saturated carbocycles. The number of aryl methyl sites for hydroxylation is 1. The lowest BCUT2D eigenvalue weighted by Crippen LogP contribution is -2.42. The van der Waals surface area contributed by atoms with Crippen LogP contribution in [0.15, 0.2) is 9.21 Å². The van der Waals surface area contributed by atoms with Crippen molar-refractivity contribution in [2.24, 2.45) is 7.05 Å². The van der Waals surface area contributed by atoms with Crippen LogP contribution < -0.4 is 11.1 Å². The third kappa shape index (κ3) is 3.50. The summed E-state index contributed by atoms with van der Waals surface area (Å²) in [5, 5.41) is 7.61. The summed E-state index contributed by atoms with van der Waals surface area (Å²) < 4.78 is 6.49. The average molecular weight is 367 g/mol. The Kier molecular flexibility index (Phi) is 4.88. The lowest BCUT2D eigenvalue weighted by atomic mass is 9.95. The summed E-state index contributed by atoms with van der Waals surface area (Å²) in [4.78, 5) is 28.4. The predicted molar refractivity (Wildman–Crippen MR) is 94.5 cm³/mol. The van der Waals surface area contributed by atoms with E-state index in [-0.39, 0.29) is 23.6 Å². The lowest BCUT2D eigenvalue weighted by Gasteiger charge is -2.34. The molecule has 0 radical (unpaired) electrons. The average Bonchev–Trinajstić information content (AvgIpc) is 3.36. The Labute approximate surface area is 150 Å². The molecular weight excluding hydrogens is 342 g/mol. The molecule has 1 aromatic heterocycles. The Hall–Kier alpha value is -1.32. The van der Waals surface area contributed by atoms with Crippen LogP contribution in [0.2, 0.25) is 0 Å². The maximum atomic E-state index is 12.5. The highest BCUT2D eigenvalue weighted by atomic mass is 32.2. The second kappa shape index (κ2) is 7.13. The van der Waals surface area contributed by atoms with E-state index < -0.39 is 0 Å². The zero-order chi connectivity index (χ0) is 17.4. The van der Waals surface area contributed by atoms with Crippen molar-refractivity contribution in [3.05, 3.63) is 16.4 Å². The van der Waals surface area contributed by atoms with E-state index in [0.29, 0.717) is 11.9 Å². The Morgan fingerprint density at radius 1 is 1.32 bits per heavy atom. The van der Waals surface area contributed by atoms with Gasteiger partial charge in [0.25, 0.3) is 0 Å². The number of nitrogens with zero attached hydrogens (tertiary/aromatic N) is 4. The van der Waals surface area contributed by atoms with Gasteiger partial charge in [-0.05, 0) is 32.4 Å². The van der Waals surface area contributed by atoms with Gasteiger partial charge in [-0.15, -0.1) is 16.9 Å². The Morgan fingerprint density at radius 2 is 2.12 bits per heavy atom. The molecule has 0 aliphatic carbocycles. The molecule has 4 heterocycles. The second-order valence-electron chi connectivity index (χ2n) is 7.13. The highest BCUT2D eigenvalue weighted by Crippen LogP contribution is 2.29. The molecule has 1 aromatic rings. The highest BCUT2D eigenvalue weighted by molar-refractivity contribution is 7.99. The largest absolute Gasteiger partial charge is 0.436 e. The Balaban J connectivity index is 1.29. The van der Waals surface area contributed by atoms with Crippen molar-refractivity contribution >= 4 is 17.7 Å². The maximum absolute atomic E-state index is 12.5. The number of thioether (sulfide) groups is 1. The summed E-state index contributed by atoms with van der Waals surface area (Å²) in [6, 6.07) is 0.385. The van der Waals surface area contributed by atoms with Crippen LogP contribution >= 0.6 is 11.8 Å². The maximum Gasteiger partial charge on any atom is 0.436 e. The lowest BCUT2D eigenvalue weighted by molar-refractivity contribution is -0.131. The number of nitrogens with one attached hydrogen (secondary N) is 1. The Morgan fingerprint density at radius 3 is 2.76 bits per heavy atom. The number of likely N-dealkylation sites (tertiary alicyclic amines) is 1. The van der Waals surface area contributed by atoms with Crippen LogP contribution in [-0.2, 0) is 11.8 Å². The van der Waals surface area contributed by atoms with Gasteiger partial charge in [0.15, 0.2) is 0 Å². The van der Waals surface area contributed by atoms with Gasteiger partial charge in [0.1, 0.15) is 0 Å². The number of hydrogen-bond donors (Lipinski definition) is 1. The van der Waals surface area contributed by atoms with Crippen LogP contribution in [0.4, 0.5) is 0 Å². The number of carbonyl (C=O) groups is 1. The van der Waals surface area contributed by atoms with E-state index in [4.69, 9.17) is 4.42 Å². The summed E-state index contributed by atoms with van der Waals surface area (Å²) in [7, 11) is 1.62. The van der Waals surface area contributed by atoms with Crippen molar-refractivity contribution in [3.63, 3.8) is 0 Å². The zero-order valence-electron chi connectivity index (χ0n) is 14.5. The van der Waals surface area contributed by atoms with Crippen molar-refractivity contribution in [1.82, 2.24) is 24.9 Å². The smallest absolute Gasteiger partial charge is 0.392 e. The van der Waals surface area contributed by atoms with Gasteiger partial charge in [0.2, 0.25) is 11.8 Å². The molecule has 0 bridgehead atoms. The molecule has 4 rings (SSSR count). The Bertz CT molecular complexity index is 676. The highest BCUT2D eigenvalue weighted by Gasteiger charge is 2.37. The van der Waals surface area contributed by atoms with Gasteiger partial charge in [-0.1, -0.05) is 0 Å². The summed E-state index contributed by atoms with van der Waals surface area (Å²) in [6.07, 6.45) is 2.78. The molecule has 2 atom stereocenters. The van der Waals surface area contributed by atoms with Crippen LogP contribution in [0.1, 0.15) is 31.1 Å². The summed E-state index contributed by atoms with van der Waals surface area (Å²) in [6.45, 7) is 3.67. The molecule has 3 aliphatic heterocycles. The molecule has 3 aliphatic rings. The van der Waals surface area contributed by atoms with Crippen LogP contribution in [0.5, 0.6) is 0 Å². The molecule has 1 amide bonds. The van der Waals surface area contributed by atoms with E-state index >= 15 is 0 Å². The fraction of sp³-hybridized carbons (Fsp3) is 0.812. The van der Waals surface area contributed by atoms with Crippen molar-refractivity contribution in [1.29, 1.82) is 0 Å². The van der Waals surface area contributed by atoms with Crippen LogP contribution in [0.3, 0.4) is 0 Å². The standard InChI is InChI=1S/C16H25N5O3S/c1-19-16(23)24-14(18-19)11-2-4-20(5-3-11)12-8-13(17-9-12)15(22)21-6-7-25-10-21/h11-13,17H,2-10H2,1H3/t12-,13-/m0/s1. The number of piperidine rings is 1. The van der Waals surface area contributed by atoms with Crippen LogP contribution in [0, 0.1) is 0 Å². The topological polar surface area (TPSA) is 83.6 Å². The van der Waals surface area contributed by atoms with Crippen molar-refractivity contribution in [3.8, 4) is 0 Å². The number of rotatable bonds is 3. The van der Waals surface area contributed by atoms with Crippen molar-refractivity contribution < 1.29 is 9.21 Å². The molecule has 138 valence electrons. The molecule has 1 N–H and O–H groups in total. The number of hydrogen-bond acceptors (Lipinski definition) is 7. The van der Waals surface area contributed by atoms with Crippen molar-refractivity contribution in [2.75, 3.05) is 37.8 Å². The van der Waals surface area contributed by atoms with Crippen LogP contribution in [-0.4, -0.2) is 75.4 Å². The fourth-order valence-corrected chi connectivity index (χ4v) is 4.99. The molecule has 0 spiro atoms. The molecule has 0 unspecified atom stereocenters. The second-order valence-corrected chi connectivity index (χ2v) is 8.20. The van der Waals surface area contributed by atoms with E-state index in [1.807, 2.05) is 16.7 Å². The first-order valence-electron chi connectivity index (χ1n) is 9.00. The predicted octanol–water partition coefficient (Wildman–Crippen LogP) is -0.184. The number of aromatic nitrogens is 2. The van der Waals surface area contributed by atoms with Gasteiger partial charge < -0.3 is 14.6 Å². The molecular formula is C16H25N5O3S. The van der Waals surface area contributed by atoms with Gasteiger partial charge in [0, 0.05) is 37.8 Å². The molecule has 8 nitrogen and oxygen atoms in total. The normalized spacial score (nSPS) is 28.8. The van der Waals surface area contributed by atoms with E-state index in [1.165, 1.54) is 4.68 Å². The quantitative estimate of drug-likeness (QED) is 0.793. The van der Waals surface area contributed by atoms with E-state index in [1.54, 1.807) is 7.05 Å². The SMILES string of the molecule is Cn1nc(C2CCN([C@@H]3CN[C@H](C(=O)N4CCSC4)C3)CC2)oc1=O. The third-order valence-corrected chi connectivity index (χ3v) is 6.54. The minimum Gasteiger partial charge on any atom is -0.392 e. The summed E-state index contributed by atoms with van der Waals surface area (Å²) in [5.41, 5.74) is 0. The molecule has 3 fully saturated rings. The van der Waals surface area contributed by atoms with Gasteiger partial charge in [0.05, 0.1) is 11.9 Å². The van der Waals surface area contributed by atoms with E-state index in [0.717, 1.165) is 57.1 Å². The zero-order valence-corrected chi connectivity index (χ0v) is 15.3. The first-order valence-corrected chi connectivity index (χ1v) is 10.2. The monoisotopic (exact) mass is 367 g/mol. The van der Waals surface area contributed by atoms with Crippen molar-refractivity contribution in [2.45, 2.75) is 37.3 Å². The third-order valence-electron chi connectivity index (χ3n) is 5.57. The fourth-order valence-electron chi connectivity index (χ4n) is 4.03. The van der Waals surface area contributed by atoms with Crippen LogP contribution in [0.25, 0.3) is 0 Å². The van der Waals surface area contributed by atoms with E-state index in [2.05, 4.69) is 15.3 Å². The van der Waals surface area contributed by atoms with E-state index in [9.17, 15) is 9.59 Å². The van der Waals surface area contributed by atoms with Gasteiger partial charge in [-0.25, -0.2) is 4.79 Å². The van der Waals surface area contributed by atoms with Gasteiger partial charge >= 0.3 is 5.76 Å². The van der Waals surface area contributed by atoms with Gasteiger partial charge in [-0.3, -0.25) is 9.69 Å². The first kappa shape index (κ1) is 17.1. The molecule has 3 saturated heterocycles.